The Hall–Kier alpha value is -3.73. The van der Waals surface area contributed by atoms with E-state index >= 15 is 0 Å². The largest absolute Gasteiger partial charge is 0.336 e. The summed E-state index contributed by atoms with van der Waals surface area (Å²) in [6, 6.07) is 32.0. The first-order valence-corrected chi connectivity index (χ1v) is 13.7. The van der Waals surface area contributed by atoms with Gasteiger partial charge in [0.25, 0.3) is 0 Å². The van der Waals surface area contributed by atoms with Crippen LogP contribution >= 0.6 is 11.6 Å². The molecule has 0 spiro atoms. The molecule has 0 unspecified atom stereocenters. The molecule has 4 aromatic rings. The molecule has 4 aromatic carbocycles. The highest BCUT2D eigenvalue weighted by Gasteiger charge is 2.37. The highest BCUT2D eigenvalue weighted by atomic mass is 35.5. The summed E-state index contributed by atoms with van der Waals surface area (Å²) in [5.41, 5.74) is 4.96. The van der Waals surface area contributed by atoms with Crippen molar-refractivity contribution in [1.82, 2.24) is 9.80 Å². The maximum absolute atomic E-state index is 14.7. The first-order chi connectivity index (χ1) is 19.1. The molecule has 0 saturated heterocycles. The van der Waals surface area contributed by atoms with E-state index in [9.17, 15) is 9.18 Å². The second-order valence-corrected chi connectivity index (χ2v) is 10.3. The van der Waals surface area contributed by atoms with Gasteiger partial charge in [0.1, 0.15) is 11.9 Å². The Balaban J connectivity index is 1.50. The van der Waals surface area contributed by atoms with Gasteiger partial charge in [0.15, 0.2) is 0 Å². The number of fused-ring (bicyclic) bond motifs is 1. The van der Waals surface area contributed by atoms with Gasteiger partial charge in [-0.1, -0.05) is 109 Å². The molecular weight excluding hydrogens is 507 g/mol. The predicted molar refractivity (Wildman–Crippen MR) is 156 cm³/mol. The normalized spacial score (nSPS) is 15.8. The molecule has 1 aliphatic heterocycles. The summed E-state index contributed by atoms with van der Waals surface area (Å²) in [6.07, 6.45) is 3.20. The van der Waals surface area contributed by atoms with E-state index in [0.29, 0.717) is 30.1 Å². The van der Waals surface area contributed by atoms with Crippen molar-refractivity contribution >= 4 is 17.5 Å². The Kier molecular flexibility index (Phi) is 8.55. The Morgan fingerprint density at radius 2 is 1.62 bits per heavy atom. The second-order valence-electron chi connectivity index (χ2n) is 9.88. The average molecular weight is 539 g/mol. The average Bonchev–Trinajstić information content (AvgIpc) is 2.97. The molecule has 0 saturated carbocycles. The highest BCUT2D eigenvalue weighted by molar-refractivity contribution is 6.31. The van der Waals surface area contributed by atoms with Crippen molar-refractivity contribution in [1.29, 1.82) is 0 Å². The first kappa shape index (κ1) is 26.9. The lowest BCUT2D eigenvalue weighted by molar-refractivity contribution is -0.136. The molecule has 2 atom stereocenters. The fourth-order valence-corrected chi connectivity index (χ4v) is 5.74. The lowest BCUT2D eigenvalue weighted by atomic mass is 9.87. The third kappa shape index (κ3) is 5.98. The molecule has 5 heteroatoms. The van der Waals surface area contributed by atoms with E-state index in [0.717, 1.165) is 23.1 Å². The van der Waals surface area contributed by atoms with E-state index in [1.165, 1.54) is 11.6 Å². The van der Waals surface area contributed by atoms with Crippen LogP contribution in [0.25, 0.3) is 0 Å². The molecule has 5 rings (SSSR count). The van der Waals surface area contributed by atoms with Gasteiger partial charge in [0, 0.05) is 30.2 Å². The summed E-state index contributed by atoms with van der Waals surface area (Å²) in [5.74, 6) is -0.411. The fraction of sp³-hybridized carbons (Fsp3) is 0.206. The van der Waals surface area contributed by atoms with E-state index in [1.807, 2.05) is 66.7 Å². The minimum absolute atomic E-state index is 0.0966. The van der Waals surface area contributed by atoms with Crippen LogP contribution in [0.1, 0.15) is 33.9 Å². The van der Waals surface area contributed by atoms with Gasteiger partial charge in [-0.3, -0.25) is 9.69 Å². The number of benzene rings is 4. The SMILES string of the molecule is C=C[C@@H](C(=O)N(CCc1ccccc1)Cc1ccccc1F)N1CCc2ccccc2[C@@H]1c1ccccc1Cl. The van der Waals surface area contributed by atoms with E-state index in [-0.39, 0.29) is 24.3 Å². The van der Waals surface area contributed by atoms with Gasteiger partial charge in [-0.2, -0.15) is 0 Å². The summed E-state index contributed by atoms with van der Waals surface area (Å²) in [7, 11) is 0. The van der Waals surface area contributed by atoms with E-state index in [1.54, 1.807) is 29.2 Å². The topological polar surface area (TPSA) is 23.6 Å². The van der Waals surface area contributed by atoms with E-state index in [4.69, 9.17) is 11.6 Å². The van der Waals surface area contributed by atoms with Crippen molar-refractivity contribution < 1.29 is 9.18 Å². The minimum Gasteiger partial charge on any atom is -0.336 e. The number of halogens is 2. The Morgan fingerprint density at radius 1 is 0.949 bits per heavy atom. The zero-order valence-corrected chi connectivity index (χ0v) is 22.6. The van der Waals surface area contributed by atoms with Crippen molar-refractivity contribution in [2.45, 2.75) is 31.5 Å². The van der Waals surface area contributed by atoms with Crippen molar-refractivity contribution in [2.24, 2.45) is 0 Å². The molecule has 0 bridgehead atoms. The monoisotopic (exact) mass is 538 g/mol. The Morgan fingerprint density at radius 3 is 2.36 bits per heavy atom. The number of amides is 1. The summed E-state index contributed by atoms with van der Waals surface area (Å²) in [4.78, 5) is 18.3. The predicted octanol–water partition coefficient (Wildman–Crippen LogP) is 7.25. The number of nitrogens with zero attached hydrogens (tertiary/aromatic N) is 2. The molecule has 0 N–H and O–H groups in total. The molecule has 0 fully saturated rings. The van der Waals surface area contributed by atoms with Gasteiger partial charge < -0.3 is 4.90 Å². The Bertz CT molecular complexity index is 1440. The third-order valence-electron chi connectivity index (χ3n) is 7.50. The lowest BCUT2D eigenvalue weighted by Gasteiger charge is -2.42. The first-order valence-electron chi connectivity index (χ1n) is 13.3. The molecule has 1 heterocycles. The molecule has 198 valence electrons. The zero-order valence-electron chi connectivity index (χ0n) is 21.8. The highest BCUT2D eigenvalue weighted by Crippen LogP contribution is 2.39. The van der Waals surface area contributed by atoms with Crippen LogP contribution in [0.2, 0.25) is 5.02 Å². The van der Waals surface area contributed by atoms with Crippen molar-refractivity contribution in [2.75, 3.05) is 13.1 Å². The van der Waals surface area contributed by atoms with Crippen LogP contribution in [-0.2, 0) is 24.2 Å². The van der Waals surface area contributed by atoms with Crippen molar-refractivity contribution in [3.8, 4) is 0 Å². The molecular formula is C34H32ClFN2O. The van der Waals surface area contributed by atoms with Gasteiger partial charge in [-0.25, -0.2) is 4.39 Å². The maximum atomic E-state index is 14.7. The van der Waals surface area contributed by atoms with E-state index in [2.05, 4.69) is 23.6 Å². The van der Waals surface area contributed by atoms with Gasteiger partial charge in [0.2, 0.25) is 5.91 Å². The lowest BCUT2D eigenvalue weighted by Crippen LogP contribution is -2.51. The standard InChI is InChI=1S/C34H32ClFN2O/c1-2-32(38-23-21-26-14-6-8-16-28(26)33(38)29-17-9-10-18-30(29)35)34(39)37(22-20-25-12-4-3-5-13-25)24-27-15-7-11-19-31(27)36/h2-19,32-33H,1,20-24H2/t32-,33+/m0/s1. The van der Waals surface area contributed by atoms with Crippen LogP contribution in [0, 0.1) is 5.82 Å². The number of carbonyl (C=O) groups excluding carboxylic acids is 1. The van der Waals surface area contributed by atoms with Gasteiger partial charge in [-0.15, -0.1) is 6.58 Å². The van der Waals surface area contributed by atoms with Crippen LogP contribution in [-0.4, -0.2) is 34.8 Å². The molecule has 39 heavy (non-hydrogen) atoms. The minimum atomic E-state index is -0.609. The fourth-order valence-electron chi connectivity index (χ4n) is 5.50. The van der Waals surface area contributed by atoms with Gasteiger partial charge in [-0.05, 0) is 47.2 Å². The third-order valence-corrected chi connectivity index (χ3v) is 7.84. The molecule has 0 aliphatic carbocycles. The number of carbonyl (C=O) groups is 1. The number of hydrogen-bond acceptors (Lipinski definition) is 2. The summed E-state index contributed by atoms with van der Waals surface area (Å²) < 4.78 is 14.7. The molecule has 0 radical (unpaired) electrons. The summed E-state index contributed by atoms with van der Waals surface area (Å²) in [5, 5.41) is 0.659. The maximum Gasteiger partial charge on any atom is 0.244 e. The van der Waals surface area contributed by atoms with Crippen molar-refractivity contribution in [3.63, 3.8) is 0 Å². The van der Waals surface area contributed by atoms with Gasteiger partial charge in [0.05, 0.1) is 6.04 Å². The van der Waals surface area contributed by atoms with Crippen molar-refractivity contribution in [3.05, 3.63) is 154 Å². The Labute approximate surface area is 235 Å². The summed E-state index contributed by atoms with van der Waals surface area (Å²) >= 11 is 6.73. The summed E-state index contributed by atoms with van der Waals surface area (Å²) in [6.45, 7) is 5.41. The molecule has 0 aromatic heterocycles. The number of hydrogen-bond donors (Lipinski definition) is 0. The van der Waals surface area contributed by atoms with Crippen LogP contribution < -0.4 is 0 Å². The van der Waals surface area contributed by atoms with E-state index < -0.39 is 6.04 Å². The zero-order chi connectivity index (χ0) is 27.2. The second kappa shape index (κ2) is 12.4. The smallest absolute Gasteiger partial charge is 0.244 e. The quantitative estimate of drug-likeness (QED) is 0.209. The molecule has 1 aliphatic rings. The molecule has 3 nitrogen and oxygen atoms in total. The molecule has 1 amide bonds. The van der Waals surface area contributed by atoms with Crippen LogP contribution in [0.4, 0.5) is 4.39 Å². The van der Waals surface area contributed by atoms with Crippen LogP contribution in [0.5, 0.6) is 0 Å². The van der Waals surface area contributed by atoms with Crippen LogP contribution in [0.3, 0.4) is 0 Å². The van der Waals surface area contributed by atoms with Crippen LogP contribution in [0.15, 0.2) is 116 Å². The van der Waals surface area contributed by atoms with Gasteiger partial charge >= 0.3 is 0 Å². The number of rotatable bonds is 9.